The zero-order valence-corrected chi connectivity index (χ0v) is 57.0. The summed E-state index contributed by atoms with van der Waals surface area (Å²) in [5.74, 6) is -0.856. The second-order valence-corrected chi connectivity index (χ2v) is 23.7. The fourth-order valence-corrected chi connectivity index (χ4v) is 9.67. The lowest BCUT2D eigenvalue weighted by Gasteiger charge is -2.19. The lowest BCUT2D eigenvalue weighted by molar-refractivity contribution is -0.161. The Kier molecular flexibility index (Phi) is 67.8. The summed E-state index contributed by atoms with van der Waals surface area (Å²) in [6, 6.07) is 0. The highest BCUT2D eigenvalue weighted by molar-refractivity contribution is 7.47. The van der Waals surface area contributed by atoms with Crippen molar-refractivity contribution in [1.29, 1.82) is 0 Å². The van der Waals surface area contributed by atoms with Gasteiger partial charge in [-0.2, -0.15) is 0 Å². The molecule has 0 bridgehead atoms. The van der Waals surface area contributed by atoms with Crippen LogP contribution < -0.4 is 5.73 Å². The summed E-state index contributed by atoms with van der Waals surface area (Å²) < 4.78 is 33.2. The minimum atomic E-state index is -4.41. The van der Waals surface area contributed by atoms with E-state index >= 15 is 0 Å². The van der Waals surface area contributed by atoms with Gasteiger partial charge in [0.05, 0.1) is 13.2 Å². The lowest BCUT2D eigenvalue weighted by atomic mass is 10.0. The second kappa shape index (κ2) is 71.9. The summed E-state index contributed by atoms with van der Waals surface area (Å²) in [5.41, 5.74) is 5.40. The molecular weight excluding hydrogens is 1120 g/mol. The van der Waals surface area contributed by atoms with Crippen LogP contribution in [-0.2, 0) is 32.7 Å². The summed E-state index contributed by atoms with van der Waals surface area (Å²) in [5, 5.41) is 0. The predicted molar refractivity (Wildman–Crippen MR) is 385 cm³/mol. The number of ether oxygens (including phenoxy) is 2. The molecule has 0 rings (SSSR count). The predicted octanol–water partition coefficient (Wildman–Crippen LogP) is 23.3. The van der Waals surface area contributed by atoms with E-state index in [1.54, 1.807) is 0 Å². The van der Waals surface area contributed by atoms with Gasteiger partial charge in [0.15, 0.2) is 6.10 Å². The normalized spacial score (nSPS) is 14.2. The number of phosphoric ester groups is 1. The summed E-state index contributed by atoms with van der Waals surface area (Å²) >= 11 is 0. The van der Waals surface area contributed by atoms with E-state index in [1.807, 2.05) is 0 Å². The van der Waals surface area contributed by atoms with Gasteiger partial charge in [-0.05, 0) is 141 Å². The second-order valence-electron chi connectivity index (χ2n) is 22.3. The van der Waals surface area contributed by atoms with Crippen LogP contribution in [0.4, 0.5) is 0 Å². The van der Waals surface area contributed by atoms with Gasteiger partial charge in [0.1, 0.15) is 6.61 Å². The van der Waals surface area contributed by atoms with Crippen LogP contribution >= 0.6 is 7.82 Å². The van der Waals surface area contributed by atoms with E-state index in [0.29, 0.717) is 6.42 Å². The highest BCUT2D eigenvalue weighted by Crippen LogP contribution is 2.43. The minimum Gasteiger partial charge on any atom is -0.462 e. The van der Waals surface area contributed by atoms with Crippen LogP contribution in [0.1, 0.15) is 258 Å². The number of unbranched alkanes of at least 4 members (excludes halogenated alkanes) is 18. The summed E-state index contributed by atoms with van der Waals surface area (Å²) in [6.07, 6.45) is 109. The van der Waals surface area contributed by atoms with E-state index in [-0.39, 0.29) is 32.6 Å². The molecule has 0 aliphatic rings. The molecule has 0 aromatic heterocycles. The molecule has 10 heteroatoms. The molecule has 0 aliphatic carbocycles. The van der Waals surface area contributed by atoms with Gasteiger partial charge >= 0.3 is 19.8 Å². The smallest absolute Gasteiger partial charge is 0.462 e. The molecule has 0 heterocycles. The first-order valence-corrected chi connectivity index (χ1v) is 36.4. The molecule has 0 saturated heterocycles. The number of phosphoric acid groups is 1. The lowest BCUT2D eigenvalue weighted by Crippen LogP contribution is -2.29. The van der Waals surface area contributed by atoms with Crippen molar-refractivity contribution >= 4 is 19.8 Å². The molecule has 9 nitrogen and oxygen atoms in total. The van der Waals surface area contributed by atoms with Gasteiger partial charge in [0.2, 0.25) is 0 Å². The first-order valence-electron chi connectivity index (χ1n) is 34.9. The summed E-state index contributed by atoms with van der Waals surface area (Å²) in [6.45, 7) is 3.48. The van der Waals surface area contributed by atoms with Gasteiger partial charge in [-0.3, -0.25) is 18.6 Å². The van der Waals surface area contributed by atoms with E-state index in [2.05, 4.69) is 208 Å². The van der Waals surface area contributed by atoms with E-state index < -0.39 is 32.5 Å². The van der Waals surface area contributed by atoms with Gasteiger partial charge in [0, 0.05) is 19.4 Å². The molecule has 0 aliphatic heterocycles. The third-order valence-electron chi connectivity index (χ3n) is 14.0. The quantitative estimate of drug-likeness (QED) is 0.0264. The van der Waals surface area contributed by atoms with Gasteiger partial charge in [0.25, 0.3) is 0 Å². The fraction of sp³-hybridized carbons (Fsp3) is 0.570. The maximum absolute atomic E-state index is 12.8. The number of esters is 2. The Balaban J connectivity index is 4.01. The molecule has 89 heavy (non-hydrogen) atoms. The number of carbonyl (C=O) groups is 2. The average Bonchev–Trinajstić information content (AvgIpc) is 3.66. The van der Waals surface area contributed by atoms with E-state index in [1.165, 1.54) is 57.8 Å². The Labute approximate surface area is 545 Å². The maximum Gasteiger partial charge on any atom is 0.472 e. The van der Waals surface area contributed by atoms with Crippen LogP contribution in [0.15, 0.2) is 194 Å². The first-order chi connectivity index (χ1) is 43.8. The molecule has 2 unspecified atom stereocenters. The highest BCUT2D eigenvalue weighted by Gasteiger charge is 2.26. The Bertz CT molecular complexity index is 2160. The summed E-state index contributed by atoms with van der Waals surface area (Å²) in [4.78, 5) is 35.4. The number of allylic oxidation sites excluding steroid dienone is 32. The third kappa shape index (κ3) is 71.8. The van der Waals surface area contributed by atoms with Crippen LogP contribution in [0.5, 0.6) is 0 Å². The van der Waals surface area contributed by atoms with Crippen molar-refractivity contribution in [3.8, 4) is 0 Å². The van der Waals surface area contributed by atoms with Crippen molar-refractivity contribution in [2.75, 3.05) is 26.4 Å². The summed E-state index contributed by atoms with van der Waals surface area (Å²) in [7, 11) is -4.41. The number of hydrogen-bond donors (Lipinski definition) is 2. The van der Waals surface area contributed by atoms with E-state index in [0.717, 1.165) is 167 Å². The average molecular weight is 1250 g/mol. The van der Waals surface area contributed by atoms with Crippen LogP contribution in [0, 0.1) is 0 Å². The molecule has 0 aromatic rings. The molecule has 3 N–H and O–H groups in total. The van der Waals surface area contributed by atoms with Crippen LogP contribution in [-0.4, -0.2) is 49.3 Å². The molecule has 0 fully saturated rings. The number of nitrogens with two attached hydrogens (primary N) is 1. The maximum atomic E-state index is 12.8. The van der Waals surface area contributed by atoms with Gasteiger partial charge < -0.3 is 20.1 Å². The molecule has 0 aromatic carbocycles. The SMILES string of the molecule is CC/C=C\C/C=C\C/C=C\C/C=C\C/C=C\C/C=C\C/C=C\C/C=C\C/C=C\CCCCCCCCCC(=O)OC(COC(=O)CCCCCCCCCCCCC/C=C\C/C=C\C/C=C\C/C=C\C/C=C\C/C=C\C/C=C\CC)COP(=O)(O)OCCN. The monoisotopic (exact) mass is 1250 g/mol. The molecule has 0 saturated carbocycles. The van der Waals surface area contributed by atoms with Crippen LogP contribution in [0.3, 0.4) is 0 Å². The van der Waals surface area contributed by atoms with Crippen molar-refractivity contribution in [2.45, 2.75) is 264 Å². The first kappa shape index (κ1) is 83.8. The fourth-order valence-electron chi connectivity index (χ4n) is 8.90. The molecule has 2 atom stereocenters. The Morgan fingerprint density at radius 2 is 0.584 bits per heavy atom. The Morgan fingerprint density at radius 1 is 0.337 bits per heavy atom. The Morgan fingerprint density at radius 3 is 0.865 bits per heavy atom. The van der Waals surface area contributed by atoms with Crippen LogP contribution in [0.25, 0.3) is 0 Å². The number of hydrogen-bond acceptors (Lipinski definition) is 8. The van der Waals surface area contributed by atoms with Crippen LogP contribution in [0.2, 0.25) is 0 Å². The van der Waals surface area contributed by atoms with Crippen molar-refractivity contribution in [1.82, 2.24) is 0 Å². The van der Waals surface area contributed by atoms with Gasteiger partial charge in [-0.15, -0.1) is 0 Å². The number of rotatable bonds is 63. The Hall–Kier alpha value is -5.15. The highest BCUT2D eigenvalue weighted by atomic mass is 31.2. The van der Waals surface area contributed by atoms with E-state index in [4.69, 9.17) is 24.3 Å². The largest absolute Gasteiger partial charge is 0.472 e. The zero-order valence-electron chi connectivity index (χ0n) is 56.1. The molecule has 0 spiro atoms. The standard InChI is InChI=1S/C79H126NO8P/c1-3-5-7-9-11-13-15-17-19-21-23-25-27-29-31-33-35-37-38-40-42-44-46-48-50-52-54-56-58-60-62-64-66-68-70-72-79(82)88-77(76-87-89(83,84)86-74-73-80)75-85-78(81)71-69-67-65-63-61-59-57-55-53-51-49-47-45-43-41-39-36-34-32-30-28-26-24-22-20-18-16-14-12-10-8-6-4-2/h5-8,11-14,17-20,23-26,29-32,35-37,39-40,42-43,45-46,48,52,54,77H,3-4,9-10,15-16,21-22,27-28,33-34,38,41,44,47,49-51,53,55-76,80H2,1-2H3,(H,83,84)/b7-5-,8-6-,13-11-,14-12-,19-17-,20-18-,25-23-,26-24-,31-29-,32-30-,37-35-,39-36-,42-40-,45-43-,48-46-,54-52-. The van der Waals surface area contributed by atoms with Crippen molar-refractivity contribution < 1.29 is 37.6 Å². The van der Waals surface area contributed by atoms with Crippen molar-refractivity contribution in [3.05, 3.63) is 194 Å². The minimum absolute atomic E-state index is 0.0410. The topological polar surface area (TPSA) is 134 Å². The zero-order chi connectivity index (χ0) is 64.4. The van der Waals surface area contributed by atoms with Crippen molar-refractivity contribution in [3.63, 3.8) is 0 Å². The van der Waals surface area contributed by atoms with Crippen molar-refractivity contribution in [2.24, 2.45) is 5.73 Å². The van der Waals surface area contributed by atoms with E-state index in [9.17, 15) is 19.0 Å². The molecular formula is C79H126NO8P. The molecule has 0 radical (unpaired) electrons. The van der Waals surface area contributed by atoms with Gasteiger partial charge in [-0.1, -0.05) is 298 Å². The molecule has 0 amide bonds. The molecule has 500 valence electrons. The number of carbonyl (C=O) groups excluding carboxylic acids is 2. The third-order valence-corrected chi connectivity index (χ3v) is 15.0. The van der Waals surface area contributed by atoms with Gasteiger partial charge in [-0.25, -0.2) is 4.57 Å².